The lowest BCUT2D eigenvalue weighted by atomic mass is 10.2. The summed E-state index contributed by atoms with van der Waals surface area (Å²) in [6.07, 6.45) is 0.627. The number of rotatable bonds is 7. The van der Waals surface area contributed by atoms with E-state index in [1.165, 1.54) is 23.5 Å². The fourth-order valence-electron chi connectivity index (χ4n) is 2.32. The predicted molar refractivity (Wildman–Crippen MR) is 95.3 cm³/mol. The van der Waals surface area contributed by atoms with Gasteiger partial charge in [0.05, 0.1) is 4.90 Å². The highest BCUT2D eigenvalue weighted by molar-refractivity contribution is 7.89. The van der Waals surface area contributed by atoms with Gasteiger partial charge in [-0.2, -0.15) is 0 Å². The molecule has 0 aromatic heterocycles. The molecule has 0 spiro atoms. The number of hydrogen-bond acceptors (Lipinski definition) is 3. The van der Waals surface area contributed by atoms with E-state index in [1.807, 2.05) is 30.3 Å². The van der Waals surface area contributed by atoms with Gasteiger partial charge in [-0.15, -0.1) is 0 Å². The third-order valence-corrected chi connectivity index (χ3v) is 5.77. The van der Waals surface area contributed by atoms with Crippen molar-refractivity contribution in [2.45, 2.75) is 17.7 Å². The van der Waals surface area contributed by atoms with Crippen LogP contribution in [0.1, 0.15) is 12.8 Å². The number of sulfonamides is 1. The zero-order valence-electron chi connectivity index (χ0n) is 14.2. The summed E-state index contributed by atoms with van der Waals surface area (Å²) in [4.78, 5) is 13.8. The van der Waals surface area contributed by atoms with E-state index in [4.69, 9.17) is 0 Å². The average molecular weight is 364 g/mol. The van der Waals surface area contributed by atoms with Crippen molar-refractivity contribution in [3.63, 3.8) is 0 Å². The standard InChI is InChI=1S/C18H21FN2O3S/c1-20(25(23,24)17-12-10-15(19)11-13-17)14-6-9-18(22)21(2)16-7-4-3-5-8-16/h3-5,7-8,10-13H,6,9,14H2,1-2H3. The monoisotopic (exact) mass is 364 g/mol. The van der Waals surface area contributed by atoms with Crippen molar-refractivity contribution in [1.29, 1.82) is 0 Å². The first-order valence-electron chi connectivity index (χ1n) is 7.86. The Morgan fingerprint density at radius 1 is 1.00 bits per heavy atom. The minimum atomic E-state index is -3.68. The van der Waals surface area contributed by atoms with E-state index in [0.717, 1.165) is 17.8 Å². The highest BCUT2D eigenvalue weighted by Crippen LogP contribution is 2.16. The van der Waals surface area contributed by atoms with Crippen LogP contribution >= 0.6 is 0 Å². The maximum atomic E-state index is 12.9. The Hall–Kier alpha value is -2.25. The van der Waals surface area contributed by atoms with Crippen LogP contribution in [0, 0.1) is 5.82 Å². The molecule has 0 saturated carbocycles. The molecule has 0 aliphatic rings. The van der Waals surface area contributed by atoms with E-state index in [2.05, 4.69) is 0 Å². The van der Waals surface area contributed by atoms with Crippen molar-refractivity contribution in [2.24, 2.45) is 0 Å². The molecule has 5 nitrogen and oxygen atoms in total. The summed E-state index contributed by atoms with van der Waals surface area (Å²) in [6, 6.07) is 13.9. The Bertz CT molecular complexity index is 808. The average Bonchev–Trinajstić information content (AvgIpc) is 2.62. The number of benzene rings is 2. The van der Waals surface area contributed by atoms with Gasteiger partial charge in [-0.3, -0.25) is 4.79 Å². The third kappa shape index (κ3) is 4.87. The first-order chi connectivity index (χ1) is 11.8. The maximum absolute atomic E-state index is 12.9. The van der Waals surface area contributed by atoms with Crippen LogP contribution in [0.5, 0.6) is 0 Å². The first-order valence-corrected chi connectivity index (χ1v) is 9.30. The molecule has 25 heavy (non-hydrogen) atoms. The molecular formula is C18H21FN2O3S. The first kappa shape index (κ1) is 19.1. The number of nitrogens with zero attached hydrogens (tertiary/aromatic N) is 2. The van der Waals surface area contributed by atoms with Crippen molar-refractivity contribution in [2.75, 3.05) is 25.5 Å². The summed E-state index contributed by atoms with van der Waals surface area (Å²) in [6.45, 7) is 0.202. The fraction of sp³-hybridized carbons (Fsp3) is 0.278. The van der Waals surface area contributed by atoms with Crippen LogP contribution in [0.4, 0.5) is 10.1 Å². The Morgan fingerprint density at radius 3 is 2.20 bits per heavy atom. The Morgan fingerprint density at radius 2 is 1.60 bits per heavy atom. The van der Waals surface area contributed by atoms with Gasteiger partial charge in [0.1, 0.15) is 5.82 Å². The molecule has 0 fully saturated rings. The number of halogens is 1. The molecule has 2 aromatic carbocycles. The van der Waals surface area contributed by atoms with Gasteiger partial charge in [-0.25, -0.2) is 17.1 Å². The highest BCUT2D eigenvalue weighted by Gasteiger charge is 2.21. The number of hydrogen-bond donors (Lipinski definition) is 0. The zero-order valence-corrected chi connectivity index (χ0v) is 15.0. The van der Waals surface area contributed by atoms with Gasteiger partial charge in [0.2, 0.25) is 15.9 Å². The number of anilines is 1. The zero-order chi connectivity index (χ0) is 18.4. The second-order valence-electron chi connectivity index (χ2n) is 5.67. The number of para-hydroxylation sites is 1. The van der Waals surface area contributed by atoms with Crippen LogP contribution in [0.2, 0.25) is 0 Å². The third-order valence-electron chi connectivity index (χ3n) is 3.90. The molecular weight excluding hydrogens is 343 g/mol. The summed E-state index contributed by atoms with van der Waals surface area (Å²) >= 11 is 0. The molecule has 0 radical (unpaired) electrons. The molecule has 0 saturated heterocycles. The summed E-state index contributed by atoms with van der Waals surface area (Å²) in [5.74, 6) is -0.574. The van der Waals surface area contributed by atoms with Crippen LogP contribution in [-0.4, -0.2) is 39.3 Å². The Labute approximate surface area is 147 Å². The molecule has 0 bridgehead atoms. The van der Waals surface area contributed by atoms with E-state index in [1.54, 1.807) is 11.9 Å². The summed E-state index contributed by atoms with van der Waals surface area (Å²) in [5.41, 5.74) is 0.791. The molecule has 134 valence electrons. The van der Waals surface area contributed by atoms with Crippen LogP contribution in [0.15, 0.2) is 59.5 Å². The van der Waals surface area contributed by atoms with Crippen LogP contribution in [-0.2, 0) is 14.8 Å². The molecule has 0 unspecified atom stereocenters. The van der Waals surface area contributed by atoms with Gasteiger partial charge in [0.15, 0.2) is 0 Å². The number of carbonyl (C=O) groups excluding carboxylic acids is 1. The van der Waals surface area contributed by atoms with Gasteiger partial charge in [-0.1, -0.05) is 18.2 Å². The lowest BCUT2D eigenvalue weighted by molar-refractivity contribution is -0.118. The van der Waals surface area contributed by atoms with E-state index in [9.17, 15) is 17.6 Å². The molecule has 2 aromatic rings. The minimum Gasteiger partial charge on any atom is -0.316 e. The maximum Gasteiger partial charge on any atom is 0.242 e. The SMILES string of the molecule is CN(C(=O)CCCN(C)S(=O)(=O)c1ccc(F)cc1)c1ccccc1. The molecule has 0 atom stereocenters. The lowest BCUT2D eigenvalue weighted by Crippen LogP contribution is -2.30. The van der Waals surface area contributed by atoms with E-state index in [0.29, 0.717) is 6.42 Å². The van der Waals surface area contributed by atoms with E-state index in [-0.39, 0.29) is 23.8 Å². The predicted octanol–water partition coefficient (Wildman–Crippen LogP) is 2.89. The molecule has 2 rings (SSSR count). The molecule has 0 N–H and O–H groups in total. The molecule has 0 aliphatic carbocycles. The number of carbonyl (C=O) groups is 1. The second kappa shape index (κ2) is 8.22. The quantitative estimate of drug-likeness (QED) is 0.759. The summed E-state index contributed by atoms with van der Waals surface area (Å²) < 4.78 is 38.9. The van der Waals surface area contributed by atoms with Crippen molar-refractivity contribution in [3.8, 4) is 0 Å². The van der Waals surface area contributed by atoms with Gasteiger partial charge >= 0.3 is 0 Å². The van der Waals surface area contributed by atoms with Crippen molar-refractivity contribution >= 4 is 21.6 Å². The Kier molecular flexibility index (Phi) is 6.27. The topological polar surface area (TPSA) is 57.7 Å². The van der Waals surface area contributed by atoms with Crippen molar-refractivity contribution < 1.29 is 17.6 Å². The minimum absolute atomic E-state index is 0.0316. The normalized spacial score (nSPS) is 11.5. The molecule has 0 heterocycles. The van der Waals surface area contributed by atoms with Crippen LogP contribution < -0.4 is 4.90 Å². The van der Waals surface area contributed by atoms with E-state index < -0.39 is 15.8 Å². The van der Waals surface area contributed by atoms with Crippen molar-refractivity contribution in [3.05, 3.63) is 60.4 Å². The summed E-state index contributed by atoms with van der Waals surface area (Å²) in [7, 11) is -0.545. The number of amides is 1. The molecule has 1 amide bonds. The van der Waals surface area contributed by atoms with Crippen molar-refractivity contribution in [1.82, 2.24) is 4.31 Å². The van der Waals surface area contributed by atoms with Gasteiger partial charge < -0.3 is 4.90 Å². The van der Waals surface area contributed by atoms with Gasteiger partial charge in [0, 0.05) is 32.7 Å². The van der Waals surface area contributed by atoms with Gasteiger partial charge in [-0.05, 0) is 42.8 Å². The molecule has 7 heteroatoms. The van der Waals surface area contributed by atoms with Gasteiger partial charge in [0.25, 0.3) is 0 Å². The highest BCUT2D eigenvalue weighted by atomic mass is 32.2. The Balaban J connectivity index is 1.90. The lowest BCUT2D eigenvalue weighted by Gasteiger charge is -2.19. The summed E-state index contributed by atoms with van der Waals surface area (Å²) in [5, 5.41) is 0. The molecule has 0 aliphatic heterocycles. The fourth-order valence-corrected chi connectivity index (χ4v) is 3.53. The van der Waals surface area contributed by atoms with E-state index >= 15 is 0 Å². The van der Waals surface area contributed by atoms with Crippen LogP contribution in [0.25, 0.3) is 0 Å². The van der Waals surface area contributed by atoms with Crippen LogP contribution in [0.3, 0.4) is 0 Å². The largest absolute Gasteiger partial charge is 0.316 e. The second-order valence-corrected chi connectivity index (χ2v) is 7.72. The smallest absolute Gasteiger partial charge is 0.242 e.